The highest BCUT2D eigenvalue weighted by molar-refractivity contribution is 5.92. The lowest BCUT2D eigenvalue weighted by atomic mass is 9.95. The van der Waals surface area contributed by atoms with Crippen molar-refractivity contribution in [1.82, 2.24) is 4.98 Å². The van der Waals surface area contributed by atoms with Gasteiger partial charge in [-0.05, 0) is 25.3 Å². The van der Waals surface area contributed by atoms with E-state index in [2.05, 4.69) is 4.98 Å². The summed E-state index contributed by atoms with van der Waals surface area (Å²) in [4.78, 5) is 15.8. The van der Waals surface area contributed by atoms with Gasteiger partial charge in [-0.25, -0.2) is 9.78 Å². The minimum atomic E-state index is -0.501. The number of aromatic nitrogens is 1. The number of hydrogen-bond acceptors (Lipinski definition) is 6. The van der Waals surface area contributed by atoms with Crippen LogP contribution in [0.5, 0.6) is 5.88 Å². The van der Waals surface area contributed by atoms with E-state index in [1.807, 2.05) is 0 Å². The van der Waals surface area contributed by atoms with Gasteiger partial charge in [-0.2, -0.15) is 0 Å². The molecule has 6 nitrogen and oxygen atoms in total. The van der Waals surface area contributed by atoms with Gasteiger partial charge in [-0.3, -0.25) is 0 Å². The first kappa shape index (κ1) is 14.6. The molecule has 0 amide bonds. The van der Waals surface area contributed by atoms with E-state index in [-0.39, 0.29) is 23.7 Å². The lowest BCUT2D eigenvalue weighted by molar-refractivity contribution is 0.0188. The molecule has 1 heterocycles. The van der Waals surface area contributed by atoms with Crippen molar-refractivity contribution in [3.05, 3.63) is 17.8 Å². The Kier molecular flexibility index (Phi) is 4.79. The second-order valence-corrected chi connectivity index (χ2v) is 4.88. The van der Waals surface area contributed by atoms with Gasteiger partial charge >= 0.3 is 5.97 Å². The number of carbonyl (C=O) groups is 1. The van der Waals surface area contributed by atoms with Gasteiger partial charge in [0.25, 0.3) is 0 Å². The van der Waals surface area contributed by atoms with Crippen LogP contribution in [0.2, 0.25) is 0 Å². The average Bonchev–Trinajstić information content (AvgIpc) is 2.48. The number of rotatable bonds is 4. The first-order valence-electron chi connectivity index (χ1n) is 6.67. The molecule has 0 bridgehead atoms. The van der Waals surface area contributed by atoms with E-state index in [1.54, 1.807) is 7.11 Å². The van der Waals surface area contributed by atoms with Crippen LogP contribution in [0.25, 0.3) is 0 Å². The maximum atomic E-state index is 11.7. The molecule has 0 aromatic carbocycles. The van der Waals surface area contributed by atoms with Crippen molar-refractivity contribution in [3.8, 4) is 5.88 Å². The molecule has 0 spiro atoms. The number of anilines is 1. The van der Waals surface area contributed by atoms with Gasteiger partial charge in [0.05, 0.1) is 25.1 Å². The molecule has 110 valence electrons. The molecule has 1 aromatic heterocycles. The summed E-state index contributed by atoms with van der Waals surface area (Å²) in [6.45, 7) is 0. The van der Waals surface area contributed by atoms with Crippen LogP contribution in [-0.2, 0) is 9.47 Å². The van der Waals surface area contributed by atoms with Crippen LogP contribution in [-0.4, -0.2) is 37.4 Å². The van der Waals surface area contributed by atoms with E-state index < -0.39 is 5.97 Å². The van der Waals surface area contributed by atoms with Crippen molar-refractivity contribution in [3.63, 3.8) is 0 Å². The first-order valence-corrected chi connectivity index (χ1v) is 6.67. The minimum absolute atomic E-state index is 0.00627. The van der Waals surface area contributed by atoms with Crippen LogP contribution in [0.3, 0.4) is 0 Å². The van der Waals surface area contributed by atoms with Crippen molar-refractivity contribution in [2.75, 3.05) is 20.0 Å². The zero-order chi connectivity index (χ0) is 14.5. The fourth-order valence-corrected chi connectivity index (χ4v) is 2.40. The second kappa shape index (κ2) is 6.56. The summed E-state index contributed by atoms with van der Waals surface area (Å²) in [5.41, 5.74) is 6.31. The zero-order valence-corrected chi connectivity index (χ0v) is 11.8. The maximum absolute atomic E-state index is 11.7. The Hall–Kier alpha value is -1.82. The number of pyridine rings is 1. The summed E-state index contributed by atoms with van der Waals surface area (Å²) in [5, 5.41) is 0. The molecule has 1 aliphatic carbocycles. The Labute approximate surface area is 118 Å². The van der Waals surface area contributed by atoms with Crippen LogP contribution in [0.4, 0.5) is 5.69 Å². The highest BCUT2D eigenvalue weighted by Gasteiger charge is 2.25. The standard InChI is InChI=1S/C14H20N2O4/c1-18-10-4-3-5-11(7-10)20-13-12(14(17)19-2)6-9(15)8-16-13/h6,8,10-11H,3-5,7,15H2,1-2H3. The zero-order valence-electron chi connectivity index (χ0n) is 11.8. The predicted molar refractivity (Wildman–Crippen MR) is 73.7 cm³/mol. The first-order chi connectivity index (χ1) is 9.63. The van der Waals surface area contributed by atoms with Gasteiger partial charge in [0, 0.05) is 13.5 Å². The lowest BCUT2D eigenvalue weighted by Gasteiger charge is -2.28. The fourth-order valence-electron chi connectivity index (χ4n) is 2.40. The number of nitrogen functional groups attached to an aromatic ring is 1. The number of hydrogen-bond donors (Lipinski definition) is 1. The quantitative estimate of drug-likeness (QED) is 0.846. The molecule has 1 aromatic rings. The summed E-state index contributed by atoms with van der Waals surface area (Å²) in [7, 11) is 3.02. The topological polar surface area (TPSA) is 83.7 Å². The molecule has 0 aliphatic heterocycles. The van der Waals surface area contributed by atoms with Crippen molar-refractivity contribution in [1.29, 1.82) is 0 Å². The third-order valence-corrected chi connectivity index (χ3v) is 3.47. The number of nitrogens with zero attached hydrogens (tertiary/aromatic N) is 1. The Morgan fingerprint density at radius 1 is 1.35 bits per heavy atom. The fraction of sp³-hybridized carbons (Fsp3) is 0.571. The molecule has 2 N–H and O–H groups in total. The molecule has 20 heavy (non-hydrogen) atoms. The van der Waals surface area contributed by atoms with Crippen molar-refractivity contribution in [2.45, 2.75) is 37.9 Å². The van der Waals surface area contributed by atoms with Gasteiger partial charge in [0.2, 0.25) is 5.88 Å². The average molecular weight is 280 g/mol. The van der Waals surface area contributed by atoms with Gasteiger partial charge in [-0.15, -0.1) is 0 Å². The SMILES string of the molecule is COC(=O)c1cc(N)cnc1OC1CCCC(OC)C1. The van der Waals surface area contributed by atoms with E-state index in [0.29, 0.717) is 5.69 Å². The molecule has 1 saturated carbocycles. The Morgan fingerprint density at radius 2 is 2.10 bits per heavy atom. The summed E-state index contributed by atoms with van der Waals surface area (Å²) < 4.78 is 15.9. The molecule has 2 rings (SSSR count). The molecule has 0 radical (unpaired) electrons. The van der Waals surface area contributed by atoms with E-state index >= 15 is 0 Å². The monoisotopic (exact) mass is 280 g/mol. The highest BCUT2D eigenvalue weighted by atomic mass is 16.5. The number of carbonyl (C=O) groups excluding carboxylic acids is 1. The van der Waals surface area contributed by atoms with Crippen LogP contribution in [0, 0.1) is 0 Å². The third kappa shape index (κ3) is 3.39. The van der Waals surface area contributed by atoms with E-state index in [1.165, 1.54) is 19.4 Å². The largest absolute Gasteiger partial charge is 0.474 e. The van der Waals surface area contributed by atoms with Crippen molar-refractivity contribution < 1.29 is 19.0 Å². The number of esters is 1. The summed E-state index contributed by atoms with van der Waals surface area (Å²) in [6.07, 6.45) is 5.45. The van der Waals surface area contributed by atoms with Gasteiger partial charge in [0.1, 0.15) is 11.7 Å². The smallest absolute Gasteiger partial charge is 0.343 e. The Balaban J connectivity index is 2.14. The van der Waals surface area contributed by atoms with Crippen molar-refractivity contribution >= 4 is 11.7 Å². The summed E-state index contributed by atoms with van der Waals surface area (Å²) >= 11 is 0. The van der Waals surface area contributed by atoms with Crippen LogP contribution >= 0.6 is 0 Å². The molecule has 2 unspecified atom stereocenters. The third-order valence-electron chi connectivity index (χ3n) is 3.47. The Bertz CT molecular complexity index is 478. The maximum Gasteiger partial charge on any atom is 0.343 e. The molecule has 1 fully saturated rings. The predicted octanol–water partition coefficient (Wildman–Crippen LogP) is 1.79. The van der Waals surface area contributed by atoms with Crippen LogP contribution in [0.1, 0.15) is 36.0 Å². The molecule has 0 saturated heterocycles. The molecular formula is C14H20N2O4. The van der Waals surface area contributed by atoms with Gasteiger partial charge < -0.3 is 19.9 Å². The molecule has 6 heteroatoms. The van der Waals surface area contributed by atoms with Crippen LogP contribution in [0.15, 0.2) is 12.3 Å². The lowest BCUT2D eigenvalue weighted by Crippen LogP contribution is -2.30. The normalized spacial score (nSPS) is 22.3. The van der Waals surface area contributed by atoms with E-state index in [9.17, 15) is 4.79 Å². The van der Waals surface area contributed by atoms with Gasteiger partial charge in [-0.1, -0.05) is 0 Å². The number of ether oxygens (including phenoxy) is 3. The van der Waals surface area contributed by atoms with Gasteiger partial charge in [0.15, 0.2) is 0 Å². The molecule has 1 aliphatic rings. The highest BCUT2D eigenvalue weighted by Crippen LogP contribution is 2.27. The summed E-state index contributed by atoms with van der Waals surface area (Å²) in [6, 6.07) is 1.52. The second-order valence-electron chi connectivity index (χ2n) is 4.88. The van der Waals surface area contributed by atoms with Crippen molar-refractivity contribution in [2.24, 2.45) is 0 Å². The molecule has 2 atom stereocenters. The van der Waals surface area contributed by atoms with Crippen LogP contribution < -0.4 is 10.5 Å². The van der Waals surface area contributed by atoms with E-state index in [4.69, 9.17) is 19.9 Å². The molecular weight excluding hydrogens is 260 g/mol. The minimum Gasteiger partial charge on any atom is -0.474 e. The summed E-state index contributed by atoms with van der Waals surface area (Å²) in [5.74, 6) is -0.230. The van der Waals surface area contributed by atoms with E-state index in [0.717, 1.165) is 25.7 Å². The Morgan fingerprint density at radius 3 is 2.80 bits per heavy atom. The number of nitrogens with two attached hydrogens (primary N) is 1. The number of methoxy groups -OCH3 is 2.